The van der Waals surface area contributed by atoms with Gasteiger partial charge in [0.1, 0.15) is 17.6 Å². The molecule has 4 amide bonds. The first kappa shape index (κ1) is 18.5. The van der Waals surface area contributed by atoms with Crippen LogP contribution < -0.4 is 10.6 Å². The van der Waals surface area contributed by atoms with Crippen LogP contribution in [0.5, 0.6) is 0 Å². The van der Waals surface area contributed by atoms with E-state index in [1.165, 1.54) is 0 Å². The maximum Gasteiger partial charge on any atom is 0.325 e. The van der Waals surface area contributed by atoms with Gasteiger partial charge in [-0.3, -0.25) is 14.5 Å². The van der Waals surface area contributed by atoms with Crippen LogP contribution in [0, 0.1) is 17.2 Å². The molecule has 0 spiro atoms. The average Bonchev–Trinajstić information content (AvgIpc) is 2.79. The summed E-state index contributed by atoms with van der Waals surface area (Å²) in [5.41, 5.74) is -1.64. The minimum absolute atomic E-state index is 0.126. The van der Waals surface area contributed by atoms with Gasteiger partial charge in [0.05, 0.1) is 6.07 Å². The van der Waals surface area contributed by atoms with Crippen LogP contribution in [0.25, 0.3) is 0 Å². The molecule has 2 rings (SSSR count). The van der Waals surface area contributed by atoms with E-state index in [9.17, 15) is 19.6 Å². The van der Waals surface area contributed by atoms with E-state index in [0.29, 0.717) is 5.56 Å². The van der Waals surface area contributed by atoms with E-state index in [1.807, 2.05) is 19.9 Å². The summed E-state index contributed by atoms with van der Waals surface area (Å²) in [6.45, 7) is 6.40. The van der Waals surface area contributed by atoms with Crippen LogP contribution in [0.15, 0.2) is 30.3 Å². The number of benzene rings is 1. The van der Waals surface area contributed by atoms with E-state index in [2.05, 4.69) is 16.7 Å². The molecule has 1 aromatic carbocycles. The molecule has 7 nitrogen and oxygen atoms in total. The lowest BCUT2D eigenvalue weighted by Crippen LogP contribution is -2.52. The molecule has 132 valence electrons. The van der Waals surface area contributed by atoms with E-state index in [-0.39, 0.29) is 5.92 Å². The van der Waals surface area contributed by atoms with Crippen molar-refractivity contribution < 1.29 is 14.4 Å². The van der Waals surface area contributed by atoms with Gasteiger partial charge in [0.25, 0.3) is 5.91 Å². The highest BCUT2D eigenvalue weighted by molar-refractivity contribution is 6.09. The quantitative estimate of drug-likeness (QED) is 0.792. The molecule has 2 atom stereocenters. The van der Waals surface area contributed by atoms with Crippen molar-refractivity contribution in [2.24, 2.45) is 5.92 Å². The highest BCUT2D eigenvalue weighted by Crippen LogP contribution is 2.28. The second-order valence-electron chi connectivity index (χ2n) is 6.83. The first-order valence-electron chi connectivity index (χ1n) is 8.06. The third-order valence-corrected chi connectivity index (χ3v) is 4.71. The van der Waals surface area contributed by atoms with Gasteiger partial charge < -0.3 is 10.6 Å². The highest BCUT2D eigenvalue weighted by Gasteiger charge is 2.49. The van der Waals surface area contributed by atoms with Crippen LogP contribution in [0.1, 0.15) is 33.3 Å². The van der Waals surface area contributed by atoms with Gasteiger partial charge in [-0.15, -0.1) is 0 Å². The van der Waals surface area contributed by atoms with Crippen LogP contribution in [0.4, 0.5) is 4.79 Å². The zero-order chi connectivity index (χ0) is 18.8. The Hall–Kier alpha value is -2.88. The van der Waals surface area contributed by atoms with E-state index in [4.69, 9.17) is 0 Å². The van der Waals surface area contributed by atoms with Gasteiger partial charge in [-0.1, -0.05) is 44.2 Å². The summed E-state index contributed by atoms with van der Waals surface area (Å²) in [5.74, 6) is -1.18. The van der Waals surface area contributed by atoms with Crippen molar-refractivity contribution in [3.63, 3.8) is 0 Å². The molecule has 2 unspecified atom stereocenters. The molecule has 1 fully saturated rings. The molecule has 7 heteroatoms. The number of carbonyl (C=O) groups is 3. The number of hydrogen-bond acceptors (Lipinski definition) is 4. The lowest BCUT2D eigenvalue weighted by Gasteiger charge is -2.28. The van der Waals surface area contributed by atoms with E-state index >= 15 is 0 Å². The molecule has 0 saturated carbocycles. The molecule has 1 aliphatic heterocycles. The maximum atomic E-state index is 12.7. The maximum absolute atomic E-state index is 12.7. The smallest absolute Gasteiger partial charge is 0.325 e. The van der Waals surface area contributed by atoms with E-state index in [1.54, 1.807) is 38.1 Å². The second-order valence-corrected chi connectivity index (χ2v) is 6.83. The predicted octanol–water partition coefficient (Wildman–Crippen LogP) is 1.51. The number of urea groups is 1. The van der Waals surface area contributed by atoms with Crippen molar-refractivity contribution >= 4 is 17.8 Å². The molecule has 2 N–H and O–H groups in total. The first-order valence-corrected chi connectivity index (χ1v) is 8.06. The highest BCUT2D eigenvalue weighted by atomic mass is 16.2. The van der Waals surface area contributed by atoms with Crippen LogP contribution in [0.2, 0.25) is 0 Å². The molecule has 1 aliphatic rings. The largest absolute Gasteiger partial charge is 0.336 e. The van der Waals surface area contributed by atoms with Crippen LogP contribution >= 0.6 is 0 Å². The molecular weight excluding hydrogens is 320 g/mol. The van der Waals surface area contributed by atoms with Gasteiger partial charge in [-0.05, 0) is 25.3 Å². The number of nitrogens with one attached hydrogen (secondary N) is 2. The summed E-state index contributed by atoms with van der Waals surface area (Å²) >= 11 is 0. The summed E-state index contributed by atoms with van der Waals surface area (Å²) in [7, 11) is 0. The number of hydrogen-bond donors (Lipinski definition) is 2. The Morgan fingerprint density at radius 1 is 1.36 bits per heavy atom. The fraction of sp³-hybridized carbons (Fsp3) is 0.444. The summed E-state index contributed by atoms with van der Waals surface area (Å²) in [6.07, 6.45) is 0. The predicted molar refractivity (Wildman–Crippen MR) is 91.0 cm³/mol. The van der Waals surface area contributed by atoms with Gasteiger partial charge in [-0.25, -0.2) is 4.79 Å². The average molecular weight is 342 g/mol. The fourth-order valence-corrected chi connectivity index (χ4v) is 2.58. The molecule has 0 bridgehead atoms. The van der Waals surface area contributed by atoms with Crippen molar-refractivity contribution in [3.8, 4) is 6.07 Å². The van der Waals surface area contributed by atoms with Crippen molar-refractivity contribution in [2.45, 2.75) is 38.8 Å². The Kier molecular flexibility index (Phi) is 4.84. The third-order valence-electron chi connectivity index (χ3n) is 4.71. The fourth-order valence-electron chi connectivity index (χ4n) is 2.58. The van der Waals surface area contributed by atoms with Crippen LogP contribution in [-0.2, 0) is 15.1 Å². The monoisotopic (exact) mass is 342 g/mol. The van der Waals surface area contributed by atoms with Gasteiger partial charge in [0.2, 0.25) is 5.91 Å². The number of rotatable bonds is 5. The molecule has 0 aromatic heterocycles. The summed E-state index contributed by atoms with van der Waals surface area (Å²) in [5, 5.41) is 14.5. The zero-order valence-corrected chi connectivity index (χ0v) is 14.8. The second kappa shape index (κ2) is 6.55. The summed E-state index contributed by atoms with van der Waals surface area (Å²) in [6, 6.07) is 10.3. The summed E-state index contributed by atoms with van der Waals surface area (Å²) < 4.78 is 0. The Morgan fingerprint density at radius 2 is 1.96 bits per heavy atom. The normalized spacial score (nSPS) is 22.3. The van der Waals surface area contributed by atoms with Gasteiger partial charge in [0.15, 0.2) is 0 Å². The standard InChI is InChI=1S/C18H22N4O3/c1-12(2)17(3,11-19)20-14(23)10-22-15(24)18(4,21-16(22)25)13-8-6-5-7-9-13/h5-9,12H,10H2,1-4H3,(H,20,23)(H,21,25). The SMILES string of the molecule is CC(C)C(C)(C#N)NC(=O)CN1C(=O)NC(C)(c2ccccc2)C1=O. The minimum Gasteiger partial charge on any atom is -0.336 e. The van der Waals surface area contributed by atoms with E-state index in [0.717, 1.165) is 4.90 Å². The minimum atomic E-state index is -1.21. The molecule has 1 saturated heterocycles. The number of carbonyl (C=O) groups excluding carboxylic acids is 3. The molecule has 1 heterocycles. The van der Waals surface area contributed by atoms with Gasteiger partial charge in [-0.2, -0.15) is 5.26 Å². The molecular formula is C18H22N4O3. The van der Waals surface area contributed by atoms with Crippen molar-refractivity contribution in [1.82, 2.24) is 15.5 Å². The van der Waals surface area contributed by atoms with Crippen molar-refractivity contribution in [1.29, 1.82) is 5.26 Å². The molecule has 25 heavy (non-hydrogen) atoms. The van der Waals surface area contributed by atoms with Crippen molar-refractivity contribution in [2.75, 3.05) is 6.54 Å². The summed E-state index contributed by atoms with van der Waals surface area (Å²) in [4.78, 5) is 38.1. The lowest BCUT2D eigenvalue weighted by atomic mass is 9.90. The lowest BCUT2D eigenvalue weighted by molar-refractivity contribution is -0.135. The van der Waals surface area contributed by atoms with E-state index < -0.39 is 35.5 Å². The van der Waals surface area contributed by atoms with Crippen molar-refractivity contribution in [3.05, 3.63) is 35.9 Å². The Balaban J connectivity index is 2.16. The first-order chi connectivity index (χ1) is 11.6. The zero-order valence-electron chi connectivity index (χ0n) is 14.8. The number of nitriles is 1. The number of amides is 4. The van der Waals surface area contributed by atoms with Gasteiger partial charge in [0, 0.05) is 0 Å². The number of imide groups is 1. The Bertz CT molecular complexity index is 740. The number of nitrogens with zero attached hydrogens (tertiary/aromatic N) is 2. The molecule has 0 aliphatic carbocycles. The van der Waals surface area contributed by atoms with Crippen LogP contribution in [0.3, 0.4) is 0 Å². The Morgan fingerprint density at radius 3 is 2.48 bits per heavy atom. The van der Waals surface area contributed by atoms with Crippen LogP contribution in [-0.4, -0.2) is 34.8 Å². The molecule has 1 aromatic rings. The topological polar surface area (TPSA) is 102 Å². The Labute approximate surface area is 147 Å². The third kappa shape index (κ3) is 3.33. The molecule has 0 radical (unpaired) electrons. The van der Waals surface area contributed by atoms with Gasteiger partial charge >= 0.3 is 6.03 Å².